The number of rotatable bonds is 4. The summed E-state index contributed by atoms with van der Waals surface area (Å²) in [5.41, 5.74) is 3.04. The van der Waals surface area contributed by atoms with Gasteiger partial charge in [-0.2, -0.15) is 0 Å². The zero-order chi connectivity index (χ0) is 21.4. The summed E-state index contributed by atoms with van der Waals surface area (Å²) in [7, 11) is 0. The van der Waals surface area contributed by atoms with E-state index >= 15 is 0 Å². The molecule has 7 nitrogen and oxygen atoms in total. The van der Waals surface area contributed by atoms with Crippen molar-refractivity contribution in [1.29, 1.82) is 0 Å². The maximum atomic E-state index is 10.4. The summed E-state index contributed by atoms with van der Waals surface area (Å²) in [4.78, 5) is 0. The highest BCUT2D eigenvalue weighted by Crippen LogP contribution is 2.36. The van der Waals surface area contributed by atoms with Crippen LogP contribution in [0.3, 0.4) is 0 Å². The van der Waals surface area contributed by atoms with Crippen LogP contribution in [-0.2, 0) is 11.2 Å². The molecular weight excluding hydrogens is 412 g/mol. The van der Waals surface area contributed by atoms with E-state index in [1.165, 1.54) is 0 Å². The third kappa shape index (κ3) is 4.07. The van der Waals surface area contributed by atoms with Crippen molar-refractivity contribution < 1.29 is 35.0 Å². The Balaban J connectivity index is 1.60. The van der Waals surface area contributed by atoms with Gasteiger partial charge in [0, 0.05) is 17.0 Å². The number of benzene rings is 2. The lowest BCUT2D eigenvalue weighted by Gasteiger charge is -2.40. The normalized spacial score (nSPS) is 31.1. The van der Waals surface area contributed by atoms with Crippen molar-refractivity contribution in [3.05, 3.63) is 63.7 Å². The van der Waals surface area contributed by atoms with E-state index < -0.39 is 43.2 Å². The standard InChI is InChI=1S/C22H25ClO7/c23-15-3-2-12(22-21(28)20(27)19(26)18(10-24)30-22)9-13(15)7-11-1-4-17-14(8-11)16(25)5-6-29-17/h1-4,8-9,16,18-22,24-28H,5-7,10H2/t16?,18-,19-,20+,21-,22+/m1/s1. The van der Waals surface area contributed by atoms with Crippen molar-refractivity contribution in [3.8, 4) is 5.75 Å². The molecule has 0 aromatic heterocycles. The molecule has 8 heteroatoms. The molecule has 1 unspecified atom stereocenters. The first-order valence-corrected chi connectivity index (χ1v) is 10.3. The zero-order valence-corrected chi connectivity index (χ0v) is 16.9. The van der Waals surface area contributed by atoms with Crippen LogP contribution in [-0.4, -0.2) is 63.2 Å². The molecule has 6 atom stereocenters. The molecule has 162 valence electrons. The third-order valence-corrected chi connectivity index (χ3v) is 6.14. The molecule has 0 saturated carbocycles. The van der Waals surface area contributed by atoms with Gasteiger partial charge in [-0.3, -0.25) is 0 Å². The van der Waals surface area contributed by atoms with Gasteiger partial charge < -0.3 is 35.0 Å². The van der Waals surface area contributed by atoms with Gasteiger partial charge in [-0.05, 0) is 41.3 Å². The molecular formula is C22H25ClO7. The average Bonchev–Trinajstić information content (AvgIpc) is 2.75. The van der Waals surface area contributed by atoms with Gasteiger partial charge in [0.1, 0.15) is 36.3 Å². The molecule has 2 aliphatic rings. The highest BCUT2D eigenvalue weighted by Gasteiger charge is 2.44. The topological polar surface area (TPSA) is 120 Å². The van der Waals surface area contributed by atoms with Gasteiger partial charge >= 0.3 is 0 Å². The molecule has 0 spiro atoms. The molecule has 0 radical (unpaired) electrons. The lowest BCUT2D eigenvalue weighted by molar-refractivity contribution is -0.231. The van der Waals surface area contributed by atoms with Crippen LogP contribution in [0.15, 0.2) is 36.4 Å². The minimum Gasteiger partial charge on any atom is -0.493 e. The van der Waals surface area contributed by atoms with Crippen LogP contribution in [0.4, 0.5) is 0 Å². The largest absolute Gasteiger partial charge is 0.493 e. The van der Waals surface area contributed by atoms with Gasteiger partial charge in [-0.1, -0.05) is 29.8 Å². The van der Waals surface area contributed by atoms with Crippen molar-refractivity contribution in [3.63, 3.8) is 0 Å². The zero-order valence-electron chi connectivity index (χ0n) is 16.2. The molecule has 1 saturated heterocycles. The van der Waals surface area contributed by atoms with Gasteiger partial charge in [-0.15, -0.1) is 0 Å². The number of ether oxygens (including phenoxy) is 2. The summed E-state index contributed by atoms with van der Waals surface area (Å²) in [6.45, 7) is 0.00189. The first kappa shape index (κ1) is 21.5. The summed E-state index contributed by atoms with van der Waals surface area (Å²) >= 11 is 6.39. The van der Waals surface area contributed by atoms with E-state index in [0.717, 1.165) is 16.7 Å². The smallest absolute Gasteiger partial charge is 0.125 e. The summed E-state index contributed by atoms with van der Waals surface area (Å²) in [5.74, 6) is 0.679. The Morgan fingerprint density at radius 2 is 1.77 bits per heavy atom. The average molecular weight is 437 g/mol. The Kier molecular flexibility index (Phi) is 6.31. The van der Waals surface area contributed by atoms with Gasteiger partial charge in [0.15, 0.2) is 0 Å². The van der Waals surface area contributed by atoms with E-state index in [-0.39, 0.29) is 0 Å². The summed E-state index contributed by atoms with van der Waals surface area (Å²) < 4.78 is 11.2. The van der Waals surface area contributed by atoms with Gasteiger partial charge in [0.2, 0.25) is 0 Å². The molecule has 30 heavy (non-hydrogen) atoms. The summed E-state index contributed by atoms with van der Waals surface area (Å²) in [6, 6.07) is 10.8. The summed E-state index contributed by atoms with van der Waals surface area (Å²) in [5, 5.41) is 50.6. The van der Waals surface area contributed by atoms with Crippen LogP contribution in [0.2, 0.25) is 5.02 Å². The molecule has 2 aromatic carbocycles. The second-order valence-electron chi connectivity index (χ2n) is 7.80. The minimum atomic E-state index is -1.44. The molecule has 2 heterocycles. The molecule has 0 amide bonds. The molecule has 2 aromatic rings. The Morgan fingerprint density at radius 1 is 0.967 bits per heavy atom. The van der Waals surface area contributed by atoms with Crippen molar-refractivity contribution in [2.24, 2.45) is 0 Å². The van der Waals surface area contributed by atoms with Crippen molar-refractivity contribution >= 4 is 11.6 Å². The van der Waals surface area contributed by atoms with Crippen LogP contribution in [0.1, 0.15) is 40.9 Å². The predicted molar refractivity (Wildman–Crippen MR) is 108 cm³/mol. The van der Waals surface area contributed by atoms with Crippen molar-refractivity contribution in [2.45, 2.75) is 49.5 Å². The number of fused-ring (bicyclic) bond motifs is 1. The maximum absolute atomic E-state index is 10.4. The SMILES string of the molecule is OC[C@H]1O[C@@H](c2ccc(Cl)c(Cc3ccc4c(c3)C(O)CCO4)c2)[C@H](O)[C@@H](O)[C@@H]1O. The number of aliphatic hydroxyl groups is 5. The summed E-state index contributed by atoms with van der Waals surface area (Å²) in [6.07, 6.45) is -5.64. The van der Waals surface area contributed by atoms with E-state index in [0.29, 0.717) is 35.8 Å². The Morgan fingerprint density at radius 3 is 2.53 bits per heavy atom. The minimum absolute atomic E-state index is 0.476. The molecule has 5 N–H and O–H groups in total. The van der Waals surface area contributed by atoms with Crippen LogP contribution in [0.5, 0.6) is 5.75 Å². The predicted octanol–water partition coefficient (Wildman–Crippen LogP) is 1.26. The first-order chi connectivity index (χ1) is 14.4. The second-order valence-corrected chi connectivity index (χ2v) is 8.21. The fourth-order valence-corrected chi connectivity index (χ4v) is 4.22. The molecule has 1 fully saturated rings. The highest BCUT2D eigenvalue weighted by atomic mass is 35.5. The quantitative estimate of drug-likeness (QED) is 0.489. The highest BCUT2D eigenvalue weighted by molar-refractivity contribution is 6.31. The van der Waals surface area contributed by atoms with Crippen molar-refractivity contribution in [1.82, 2.24) is 0 Å². The van der Waals surface area contributed by atoms with Crippen LogP contribution in [0, 0.1) is 0 Å². The van der Waals surface area contributed by atoms with Gasteiger partial charge in [0.05, 0.1) is 19.3 Å². The monoisotopic (exact) mass is 436 g/mol. The lowest BCUT2D eigenvalue weighted by atomic mass is 9.90. The number of hydrogen-bond donors (Lipinski definition) is 5. The van der Waals surface area contributed by atoms with E-state index in [2.05, 4.69) is 0 Å². The van der Waals surface area contributed by atoms with Crippen LogP contribution in [0.25, 0.3) is 0 Å². The lowest BCUT2D eigenvalue weighted by Crippen LogP contribution is -2.55. The van der Waals surface area contributed by atoms with Gasteiger partial charge in [-0.25, -0.2) is 0 Å². The second kappa shape index (κ2) is 8.80. The maximum Gasteiger partial charge on any atom is 0.125 e. The molecule has 4 rings (SSSR count). The Bertz CT molecular complexity index is 903. The van der Waals surface area contributed by atoms with E-state index in [1.807, 2.05) is 18.2 Å². The van der Waals surface area contributed by atoms with Crippen LogP contribution >= 0.6 is 11.6 Å². The number of aliphatic hydroxyl groups excluding tert-OH is 5. The fourth-order valence-electron chi connectivity index (χ4n) is 4.04. The fraction of sp³-hybridized carbons (Fsp3) is 0.455. The number of hydrogen-bond acceptors (Lipinski definition) is 7. The van der Waals surface area contributed by atoms with Crippen molar-refractivity contribution in [2.75, 3.05) is 13.2 Å². The molecule has 2 aliphatic heterocycles. The Hall–Kier alpha value is -1.71. The number of halogens is 1. The van der Waals surface area contributed by atoms with E-state index in [9.17, 15) is 25.5 Å². The van der Waals surface area contributed by atoms with Gasteiger partial charge in [0.25, 0.3) is 0 Å². The Labute approximate surface area is 179 Å². The van der Waals surface area contributed by atoms with E-state index in [1.54, 1.807) is 18.2 Å². The molecule has 0 bridgehead atoms. The van der Waals surface area contributed by atoms with E-state index in [4.69, 9.17) is 21.1 Å². The molecule has 0 aliphatic carbocycles. The first-order valence-electron chi connectivity index (χ1n) is 9.91. The third-order valence-electron chi connectivity index (χ3n) is 5.77. The van der Waals surface area contributed by atoms with Crippen LogP contribution < -0.4 is 4.74 Å².